The van der Waals surface area contributed by atoms with Crippen LogP contribution in [0.25, 0.3) is 0 Å². The van der Waals surface area contributed by atoms with Gasteiger partial charge in [-0.05, 0) is 43.0 Å². The molecule has 0 bridgehead atoms. The van der Waals surface area contributed by atoms with E-state index in [9.17, 15) is 9.90 Å². The molecule has 0 saturated heterocycles. The van der Waals surface area contributed by atoms with Gasteiger partial charge in [0.15, 0.2) is 11.5 Å². The number of aliphatic carboxylic acids is 1. The largest absolute Gasteiger partial charge is 0.504 e. The molecule has 1 atom stereocenters. The third-order valence-electron chi connectivity index (χ3n) is 3.95. The molecule has 0 aliphatic carbocycles. The van der Waals surface area contributed by atoms with Crippen LogP contribution in [-0.2, 0) is 17.8 Å². The summed E-state index contributed by atoms with van der Waals surface area (Å²) in [5.41, 5.74) is 2.15. The Balaban J connectivity index is 2.00. The molecule has 0 amide bonds. The fourth-order valence-corrected chi connectivity index (χ4v) is 2.67. The molecule has 0 saturated carbocycles. The van der Waals surface area contributed by atoms with Gasteiger partial charge in [-0.3, -0.25) is 4.79 Å². The van der Waals surface area contributed by atoms with Crippen molar-refractivity contribution in [3.63, 3.8) is 0 Å². The predicted octanol–water partition coefficient (Wildman–Crippen LogP) is 3.36. The molecule has 2 rings (SSSR count). The summed E-state index contributed by atoms with van der Waals surface area (Å²) in [4.78, 5) is 10.9. The van der Waals surface area contributed by atoms with Gasteiger partial charge in [0.2, 0.25) is 0 Å². The molecule has 5 heteroatoms. The minimum atomic E-state index is -0.789. The highest BCUT2D eigenvalue weighted by Gasteiger charge is 2.12. The van der Waals surface area contributed by atoms with E-state index in [1.165, 1.54) is 5.56 Å². The van der Waals surface area contributed by atoms with Crippen LogP contribution in [0.2, 0.25) is 0 Å². The van der Waals surface area contributed by atoms with E-state index in [-0.39, 0.29) is 18.2 Å². The highest BCUT2D eigenvalue weighted by molar-refractivity contribution is 5.66. The molecule has 0 radical (unpaired) electrons. The lowest BCUT2D eigenvalue weighted by Gasteiger charge is -2.19. The average molecular weight is 343 g/mol. The first-order valence-corrected chi connectivity index (χ1v) is 8.52. The van der Waals surface area contributed by atoms with Crippen molar-refractivity contribution in [2.24, 2.45) is 0 Å². The van der Waals surface area contributed by atoms with Crippen LogP contribution in [0, 0.1) is 0 Å². The summed E-state index contributed by atoms with van der Waals surface area (Å²) in [5, 5.41) is 22.2. The topological polar surface area (TPSA) is 78.8 Å². The summed E-state index contributed by atoms with van der Waals surface area (Å²) in [6.45, 7) is 2.93. The molecule has 0 spiro atoms. The lowest BCUT2D eigenvalue weighted by atomic mass is 10.0. The van der Waals surface area contributed by atoms with Crippen LogP contribution < -0.4 is 10.1 Å². The lowest BCUT2D eigenvalue weighted by Crippen LogP contribution is -2.31. The van der Waals surface area contributed by atoms with E-state index in [1.54, 1.807) is 6.07 Å². The number of nitrogens with one attached hydrogen (secondary N) is 1. The highest BCUT2D eigenvalue weighted by Crippen LogP contribution is 2.26. The molecule has 0 aliphatic rings. The van der Waals surface area contributed by atoms with Gasteiger partial charge in [-0.25, -0.2) is 0 Å². The normalized spacial score (nSPS) is 11.9. The SMILES string of the molecule is CCOc1cc(CNC(CCC(=O)O)Cc2ccccc2)ccc1O. The smallest absolute Gasteiger partial charge is 0.303 e. The maximum absolute atomic E-state index is 10.9. The first-order valence-electron chi connectivity index (χ1n) is 8.52. The van der Waals surface area contributed by atoms with Crippen LogP contribution in [-0.4, -0.2) is 28.8 Å². The monoisotopic (exact) mass is 343 g/mol. The van der Waals surface area contributed by atoms with Crippen LogP contribution in [0.1, 0.15) is 30.9 Å². The molecule has 0 fully saturated rings. The number of aromatic hydroxyl groups is 1. The van der Waals surface area contributed by atoms with E-state index in [1.807, 2.05) is 49.4 Å². The highest BCUT2D eigenvalue weighted by atomic mass is 16.5. The molecule has 2 aromatic rings. The zero-order chi connectivity index (χ0) is 18.1. The Kier molecular flexibility index (Phi) is 7.29. The second-order valence-electron chi connectivity index (χ2n) is 5.94. The van der Waals surface area contributed by atoms with Crippen molar-refractivity contribution >= 4 is 5.97 Å². The van der Waals surface area contributed by atoms with E-state index < -0.39 is 5.97 Å². The van der Waals surface area contributed by atoms with Gasteiger partial charge < -0.3 is 20.3 Å². The van der Waals surface area contributed by atoms with Gasteiger partial charge in [0.25, 0.3) is 0 Å². The Morgan fingerprint density at radius 3 is 2.60 bits per heavy atom. The standard InChI is InChI=1S/C20H25NO4/c1-2-25-19-13-16(8-10-18(19)22)14-21-17(9-11-20(23)24)12-15-6-4-3-5-7-15/h3-8,10,13,17,21-22H,2,9,11-12,14H2,1H3,(H,23,24). The summed E-state index contributed by atoms with van der Waals surface area (Å²) in [6.07, 6.45) is 1.45. The van der Waals surface area contributed by atoms with Gasteiger partial charge in [-0.2, -0.15) is 0 Å². The maximum Gasteiger partial charge on any atom is 0.303 e. The number of benzene rings is 2. The van der Waals surface area contributed by atoms with Crippen molar-refractivity contribution in [2.75, 3.05) is 6.61 Å². The molecule has 0 heterocycles. The second-order valence-corrected chi connectivity index (χ2v) is 5.94. The number of carbonyl (C=O) groups is 1. The number of hydrogen-bond acceptors (Lipinski definition) is 4. The lowest BCUT2D eigenvalue weighted by molar-refractivity contribution is -0.137. The molecule has 0 aromatic heterocycles. The number of rotatable bonds is 10. The Morgan fingerprint density at radius 2 is 1.92 bits per heavy atom. The van der Waals surface area contributed by atoms with Crippen LogP contribution >= 0.6 is 0 Å². The van der Waals surface area contributed by atoms with Crippen molar-refractivity contribution in [3.8, 4) is 11.5 Å². The average Bonchev–Trinajstić information content (AvgIpc) is 2.61. The maximum atomic E-state index is 10.9. The summed E-state index contributed by atoms with van der Waals surface area (Å²) in [5.74, 6) is -0.201. The van der Waals surface area contributed by atoms with E-state index in [0.717, 1.165) is 12.0 Å². The van der Waals surface area contributed by atoms with Gasteiger partial charge in [-0.15, -0.1) is 0 Å². The number of phenolic OH excluding ortho intramolecular Hbond substituents is 1. The van der Waals surface area contributed by atoms with Gasteiger partial charge >= 0.3 is 5.97 Å². The summed E-state index contributed by atoms with van der Waals surface area (Å²) in [6, 6.07) is 15.3. The van der Waals surface area contributed by atoms with Gasteiger partial charge in [-0.1, -0.05) is 36.4 Å². The fourth-order valence-electron chi connectivity index (χ4n) is 2.67. The van der Waals surface area contributed by atoms with Crippen molar-refractivity contribution in [3.05, 3.63) is 59.7 Å². The van der Waals surface area contributed by atoms with Crippen molar-refractivity contribution < 1.29 is 19.7 Å². The number of phenols is 1. The quantitative estimate of drug-likeness (QED) is 0.616. The molecule has 0 aliphatic heterocycles. The molecular weight excluding hydrogens is 318 g/mol. The predicted molar refractivity (Wildman–Crippen MR) is 96.9 cm³/mol. The van der Waals surface area contributed by atoms with Crippen LogP contribution in [0.15, 0.2) is 48.5 Å². The molecular formula is C20H25NO4. The molecule has 2 aromatic carbocycles. The number of hydrogen-bond donors (Lipinski definition) is 3. The second kappa shape index (κ2) is 9.69. The van der Waals surface area contributed by atoms with Gasteiger partial charge in [0.05, 0.1) is 6.61 Å². The van der Waals surface area contributed by atoms with Gasteiger partial charge in [0, 0.05) is 19.0 Å². The fraction of sp³-hybridized carbons (Fsp3) is 0.350. The third-order valence-corrected chi connectivity index (χ3v) is 3.95. The van der Waals surface area contributed by atoms with Crippen molar-refractivity contribution in [2.45, 2.75) is 38.8 Å². The van der Waals surface area contributed by atoms with E-state index in [2.05, 4.69) is 5.32 Å². The molecule has 5 nitrogen and oxygen atoms in total. The Hall–Kier alpha value is -2.53. The summed E-state index contributed by atoms with van der Waals surface area (Å²) in [7, 11) is 0. The number of carboxylic acids is 1. The van der Waals surface area contributed by atoms with Crippen molar-refractivity contribution in [1.29, 1.82) is 0 Å². The summed E-state index contributed by atoms with van der Waals surface area (Å²) < 4.78 is 5.40. The Morgan fingerprint density at radius 1 is 1.16 bits per heavy atom. The van der Waals surface area contributed by atoms with Gasteiger partial charge in [0.1, 0.15) is 0 Å². The zero-order valence-electron chi connectivity index (χ0n) is 14.4. The summed E-state index contributed by atoms with van der Waals surface area (Å²) >= 11 is 0. The molecule has 25 heavy (non-hydrogen) atoms. The first-order chi connectivity index (χ1) is 12.1. The molecule has 134 valence electrons. The number of ether oxygens (including phenoxy) is 1. The molecule has 3 N–H and O–H groups in total. The Bertz CT molecular complexity index is 673. The minimum absolute atomic E-state index is 0.0582. The van der Waals surface area contributed by atoms with Crippen LogP contribution in [0.3, 0.4) is 0 Å². The zero-order valence-corrected chi connectivity index (χ0v) is 14.4. The Labute approximate surface area is 148 Å². The van der Waals surface area contributed by atoms with E-state index >= 15 is 0 Å². The van der Waals surface area contributed by atoms with Crippen molar-refractivity contribution in [1.82, 2.24) is 5.32 Å². The van der Waals surface area contributed by atoms with E-state index in [4.69, 9.17) is 9.84 Å². The minimum Gasteiger partial charge on any atom is -0.504 e. The molecule has 1 unspecified atom stereocenters. The van der Waals surface area contributed by atoms with Crippen LogP contribution in [0.4, 0.5) is 0 Å². The first kappa shape index (κ1) is 18.8. The number of carboxylic acid groups (broad SMARTS) is 1. The van der Waals surface area contributed by atoms with E-state index in [0.29, 0.717) is 25.3 Å². The van der Waals surface area contributed by atoms with Crippen LogP contribution in [0.5, 0.6) is 11.5 Å². The third kappa shape index (κ3) is 6.47.